The maximum atomic E-state index is 12.7. The molecule has 0 heterocycles. The fourth-order valence-corrected chi connectivity index (χ4v) is 2.41. The van der Waals surface area contributed by atoms with Gasteiger partial charge in [0.05, 0.1) is 19.9 Å². The van der Waals surface area contributed by atoms with Crippen molar-refractivity contribution in [3.05, 3.63) is 78.4 Å². The van der Waals surface area contributed by atoms with Crippen LogP contribution in [0.2, 0.25) is 0 Å². The number of carbonyl (C=O) groups excluding carboxylic acids is 1. The van der Waals surface area contributed by atoms with E-state index in [0.29, 0.717) is 34.2 Å². The Kier molecular flexibility index (Phi) is 5.39. The lowest BCUT2D eigenvalue weighted by atomic mass is 10.1. The van der Waals surface area contributed by atoms with Crippen molar-refractivity contribution in [3.63, 3.8) is 0 Å². The van der Waals surface area contributed by atoms with Crippen LogP contribution in [0.4, 0.5) is 5.69 Å². The molecule has 0 aromatic heterocycles. The number of methoxy groups -OCH3 is 2. The van der Waals surface area contributed by atoms with Crippen LogP contribution in [-0.2, 0) is 0 Å². The quantitative estimate of drug-likeness (QED) is 0.698. The molecule has 1 amide bonds. The van der Waals surface area contributed by atoms with Gasteiger partial charge in [-0.05, 0) is 36.4 Å². The molecule has 1 N–H and O–H groups in total. The molecule has 0 aliphatic rings. The maximum Gasteiger partial charge on any atom is 0.256 e. The molecule has 0 aliphatic carbocycles. The molecule has 0 aliphatic heterocycles. The number of amides is 1. The van der Waals surface area contributed by atoms with Crippen molar-refractivity contribution in [3.8, 4) is 23.0 Å². The molecule has 3 aromatic carbocycles. The van der Waals surface area contributed by atoms with Crippen LogP contribution in [-0.4, -0.2) is 20.1 Å². The van der Waals surface area contributed by atoms with Crippen LogP contribution in [0.15, 0.2) is 72.8 Å². The Bertz CT molecular complexity index is 871. The van der Waals surface area contributed by atoms with Gasteiger partial charge in [-0.1, -0.05) is 30.3 Å². The second-order valence-electron chi connectivity index (χ2n) is 5.47. The second kappa shape index (κ2) is 8.07. The van der Waals surface area contributed by atoms with Gasteiger partial charge in [-0.3, -0.25) is 4.79 Å². The molecule has 5 heteroatoms. The van der Waals surface area contributed by atoms with Crippen molar-refractivity contribution < 1.29 is 19.0 Å². The highest BCUT2D eigenvalue weighted by atomic mass is 16.5. The van der Waals surface area contributed by atoms with Crippen molar-refractivity contribution >= 4 is 11.6 Å². The number of benzene rings is 3. The number of carbonyl (C=O) groups is 1. The van der Waals surface area contributed by atoms with Crippen LogP contribution < -0.4 is 19.5 Å². The molecule has 0 atom stereocenters. The molecule has 3 aromatic rings. The SMILES string of the molecule is COc1cc(OC)cc(C(=O)Nc2ccccc2Oc2ccccc2)c1. The minimum Gasteiger partial charge on any atom is -0.497 e. The third-order valence-corrected chi connectivity index (χ3v) is 3.72. The summed E-state index contributed by atoms with van der Waals surface area (Å²) in [4.78, 5) is 12.7. The van der Waals surface area contributed by atoms with E-state index in [9.17, 15) is 4.79 Å². The van der Waals surface area contributed by atoms with Crippen molar-refractivity contribution in [2.45, 2.75) is 0 Å². The van der Waals surface area contributed by atoms with Gasteiger partial charge in [0, 0.05) is 11.6 Å². The lowest BCUT2D eigenvalue weighted by molar-refractivity contribution is 0.102. The molecule has 132 valence electrons. The zero-order valence-electron chi connectivity index (χ0n) is 14.6. The summed E-state index contributed by atoms with van der Waals surface area (Å²) in [5.74, 6) is 2.05. The summed E-state index contributed by atoms with van der Waals surface area (Å²) in [6, 6.07) is 21.7. The molecule has 0 spiro atoms. The average molecular weight is 349 g/mol. The highest BCUT2D eigenvalue weighted by molar-refractivity contribution is 6.05. The zero-order chi connectivity index (χ0) is 18.4. The minimum absolute atomic E-state index is 0.286. The Morgan fingerprint density at radius 2 is 1.38 bits per heavy atom. The van der Waals surface area contributed by atoms with Gasteiger partial charge in [0.2, 0.25) is 0 Å². The Balaban J connectivity index is 1.84. The van der Waals surface area contributed by atoms with Gasteiger partial charge >= 0.3 is 0 Å². The predicted octanol–water partition coefficient (Wildman–Crippen LogP) is 4.75. The highest BCUT2D eigenvalue weighted by Crippen LogP contribution is 2.30. The summed E-state index contributed by atoms with van der Waals surface area (Å²) in [5.41, 5.74) is 0.999. The summed E-state index contributed by atoms with van der Waals surface area (Å²) < 4.78 is 16.3. The topological polar surface area (TPSA) is 56.8 Å². The number of hydrogen-bond donors (Lipinski definition) is 1. The molecule has 26 heavy (non-hydrogen) atoms. The minimum atomic E-state index is -0.286. The molecular formula is C21H19NO4. The van der Waals surface area contributed by atoms with Gasteiger partial charge in [-0.2, -0.15) is 0 Å². The van der Waals surface area contributed by atoms with Crippen LogP contribution in [0.3, 0.4) is 0 Å². The largest absolute Gasteiger partial charge is 0.497 e. The van der Waals surface area contributed by atoms with Crippen LogP contribution in [0, 0.1) is 0 Å². The molecule has 3 rings (SSSR count). The molecule has 5 nitrogen and oxygen atoms in total. The monoisotopic (exact) mass is 349 g/mol. The van der Waals surface area contributed by atoms with Crippen molar-refractivity contribution in [1.29, 1.82) is 0 Å². The Morgan fingerprint density at radius 1 is 0.769 bits per heavy atom. The number of para-hydroxylation sites is 3. The van der Waals surface area contributed by atoms with Crippen LogP contribution in [0.5, 0.6) is 23.0 Å². The normalized spacial score (nSPS) is 10.1. The number of rotatable bonds is 6. The molecule has 0 saturated heterocycles. The molecule has 0 saturated carbocycles. The summed E-state index contributed by atoms with van der Waals surface area (Å²) in [5, 5.41) is 2.87. The van der Waals surface area contributed by atoms with Crippen molar-refractivity contribution in [1.82, 2.24) is 0 Å². The first-order valence-corrected chi connectivity index (χ1v) is 8.06. The van der Waals surface area contributed by atoms with Gasteiger partial charge in [0.15, 0.2) is 5.75 Å². The van der Waals surface area contributed by atoms with Crippen LogP contribution in [0.1, 0.15) is 10.4 Å². The fourth-order valence-electron chi connectivity index (χ4n) is 2.41. The van der Waals surface area contributed by atoms with E-state index in [2.05, 4.69) is 5.32 Å². The van der Waals surface area contributed by atoms with Gasteiger partial charge in [-0.25, -0.2) is 0 Å². The lowest BCUT2D eigenvalue weighted by Crippen LogP contribution is -2.13. The summed E-state index contributed by atoms with van der Waals surface area (Å²) >= 11 is 0. The third kappa shape index (κ3) is 4.13. The molecular weight excluding hydrogens is 330 g/mol. The number of hydrogen-bond acceptors (Lipinski definition) is 4. The lowest BCUT2D eigenvalue weighted by Gasteiger charge is -2.13. The summed E-state index contributed by atoms with van der Waals surface area (Å²) in [7, 11) is 3.08. The molecule has 0 fully saturated rings. The third-order valence-electron chi connectivity index (χ3n) is 3.72. The van der Waals surface area contributed by atoms with Gasteiger partial charge < -0.3 is 19.5 Å². The van der Waals surface area contributed by atoms with E-state index in [1.165, 1.54) is 0 Å². The first-order chi connectivity index (χ1) is 12.7. The first-order valence-electron chi connectivity index (χ1n) is 8.06. The van der Waals surface area contributed by atoms with Crippen molar-refractivity contribution in [2.24, 2.45) is 0 Å². The van der Waals surface area contributed by atoms with Crippen molar-refractivity contribution in [2.75, 3.05) is 19.5 Å². The smallest absolute Gasteiger partial charge is 0.256 e. The van der Waals surface area contributed by atoms with Crippen LogP contribution >= 0.6 is 0 Å². The number of nitrogens with one attached hydrogen (secondary N) is 1. The Hall–Kier alpha value is -3.47. The highest BCUT2D eigenvalue weighted by Gasteiger charge is 2.13. The van der Waals surface area contributed by atoms with Crippen LogP contribution in [0.25, 0.3) is 0 Å². The Morgan fingerprint density at radius 3 is 2.04 bits per heavy atom. The van der Waals surface area contributed by atoms with E-state index in [1.54, 1.807) is 44.6 Å². The van der Waals surface area contributed by atoms with Gasteiger partial charge in [0.25, 0.3) is 5.91 Å². The molecule has 0 bridgehead atoms. The number of ether oxygens (including phenoxy) is 3. The fraction of sp³-hybridized carbons (Fsp3) is 0.0952. The van der Waals surface area contributed by atoms with E-state index in [-0.39, 0.29) is 5.91 Å². The van der Waals surface area contributed by atoms with E-state index in [4.69, 9.17) is 14.2 Å². The molecule has 0 unspecified atom stereocenters. The maximum absolute atomic E-state index is 12.7. The second-order valence-corrected chi connectivity index (χ2v) is 5.47. The van der Waals surface area contributed by atoms with Gasteiger partial charge in [0.1, 0.15) is 17.2 Å². The average Bonchev–Trinajstić information content (AvgIpc) is 2.69. The number of anilines is 1. The van der Waals surface area contributed by atoms with E-state index in [0.717, 1.165) is 0 Å². The first kappa shape index (κ1) is 17.4. The van der Waals surface area contributed by atoms with E-state index < -0.39 is 0 Å². The van der Waals surface area contributed by atoms with Gasteiger partial charge in [-0.15, -0.1) is 0 Å². The molecule has 0 radical (unpaired) electrons. The zero-order valence-corrected chi connectivity index (χ0v) is 14.6. The summed E-state index contributed by atoms with van der Waals surface area (Å²) in [6.07, 6.45) is 0. The Labute approximate surface area is 152 Å². The van der Waals surface area contributed by atoms with E-state index >= 15 is 0 Å². The standard InChI is InChI=1S/C21H19NO4/c1-24-17-12-15(13-18(14-17)25-2)21(23)22-19-10-6-7-11-20(19)26-16-8-4-3-5-9-16/h3-14H,1-2H3,(H,22,23). The summed E-state index contributed by atoms with van der Waals surface area (Å²) in [6.45, 7) is 0. The van der Waals surface area contributed by atoms with E-state index in [1.807, 2.05) is 42.5 Å². The predicted molar refractivity (Wildman–Crippen MR) is 100 cm³/mol.